The number of fused-ring (bicyclic) bond motifs is 8. The van der Waals surface area contributed by atoms with Gasteiger partial charge in [-0.3, -0.25) is 19.5 Å². The van der Waals surface area contributed by atoms with Crippen LogP contribution in [-0.4, -0.2) is 75.4 Å². The van der Waals surface area contributed by atoms with Crippen molar-refractivity contribution in [2.75, 3.05) is 10.6 Å². The summed E-state index contributed by atoms with van der Waals surface area (Å²) >= 11 is 0. The number of benzene rings is 6. The predicted octanol–water partition coefficient (Wildman–Crippen LogP) is 19.7. The fourth-order valence-corrected chi connectivity index (χ4v) is 15.8. The van der Waals surface area contributed by atoms with Crippen LogP contribution in [0.25, 0.3) is 96.6 Å². The van der Waals surface area contributed by atoms with Gasteiger partial charge in [-0.25, -0.2) is 24.9 Å². The third-order valence-corrected chi connectivity index (χ3v) is 20.6. The highest BCUT2D eigenvalue weighted by molar-refractivity contribution is 6.14. The van der Waals surface area contributed by atoms with Crippen molar-refractivity contribution in [2.24, 2.45) is 7.05 Å². The van der Waals surface area contributed by atoms with Crippen LogP contribution in [0.3, 0.4) is 0 Å². The molecule has 0 unspecified atom stereocenters. The van der Waals surface area contributed by atoms with Gasteiger partial charge in [0.1, 0.15) is 11.6 Å². The van der Waals surface area contributed by atoms with Crippen LogP contribution in [0.5, 0.6) is 5.75 Å². The highest BCUT2D eigenvalue weighted by Gasteiger charge is 2.29. The lowest BCUT2D eigenvalue weighted by Crippen LogP contribution is -2.25. The van der Waals surface area contributed by atoms with Gasteiger partial charge in [0.15, 0.2) is 0 Å². The zero-order valence-electron chi connectivity index (χ0n) is 63.6. The molecule has 108 heavy (non-hydrogen) atoms. The predicted molar refractivity (Wildman–Crippen MR) is 436 cm³/mol. The molecule has 9 heterocycles. The van der Waals surface area contributed by atoms with E-state index in [0.717, 1.165) is 134 Å². The first-order valence-electron chi connectivity index (χ1n) is 36.6. The summed E-state index contributed by atoms with van der Waals surface area (Å²) in [7, 11) is 1.97. The molecule has 5 N–H and O–H groups in total. The van der Waals surface area contributed by atoms with Gasteiger partial charge in [0.25, 0.3) is 11.8 Å². The van der Waals surface area contributed by atoms with Gasteiger partial charge in [0.2, 0.25) is 0 Å². The quantitative estimate of drug-likeness (QED) is 0.0583. The summed E-state index contributed by atoms with van der Waals surface area (Å²) in [5, 5.41) is 17.8. The maximum Gasteiger partial charge on any atom is 0.257 e. The number of hydrogen-bond acceptors (Lipinski definition) is 10. The molecule has 2 aliphatic rings. The average molecular weight is 1430 g/mol. The van der Waals surface area contributed by atoms with Crippen molar-refractivity contribution in [2.45, 2.75) is 122 Å². The Labute approximate surface area is 629 Å². The summed E-state index contributed by atoms with van der Waals surface area (Å²) < 4.78 is 5.79. The molecule has 0 atom stereocenters. The number of phenolic OH excluding ortho intramolecular Hbond substituents is 1. The van der Waals surface area contributed by atoms with Crippen LogP contribution < -0.4 is 10.6 Å². The van der Waals surface area contributed by atoms with E-state index in [0.29, 0.717) is 88.1 Å². The number of imidazole rings is 3. The van der Waals surface area contributed by atoms with Crippen LogP contribution in [-0.2, 0) is 38.6 Å². The molecule has 17 heteroatoms. The maximum absolute atomic E-state index is 15.7. The number of carbonyl (C=O) groups is 2. The molecule has 0 saturated heterocycles. The average Bonchev–Trinajstić information content (AvgIpc) is 1.52. The second kappa shape index (κ2) is 28.7. The van der Waals surface area contributed by atoms with Crippen LogP contribution in [0, 0.1) is 69.2 Å². The number of hydrogen-bond donors (Lipinski definition) is 5. The van der Waals surface area contributed by atoms with Crippen molar-refractivity contribution in [3.63, 3.8) is 0 Å². The van der Waals surface area contributed by atoms with E-state index in [1.54, 1.807) is 43.4 Å². The number of aromatic nitrogens is 11. The largest absolute Gasteiger partial charge is 0.506 e. The molecule has 6 aromatic carbocycles. The summed E-state index contributed by atoms with van der Waals surface area (Å²) in [6.45, 7) is 29.6. The zero-order chi connectivity index (χ0) is 75.6. The van der Waals surface area contributed by atoms with E-state index in [-0.39, 0.29) is 11.7 Å². The minimum absolute atomic E-state index is 0.155. The van der Waals surface area contributed by atoms with E-state index < -0.39 is 11.3 Å². The van der Waals surface area contributed by atoms with Gasteiger partial charge >= 0.3 is 0 Å². The Morgan fingerprint density at radius 3 is 1.47 bits per heavy atom. The number of nitrogens with one attached hydrogen (secondary N) is 4. The molecule has 15 rings (SSSR count). The number of phenols is 1. The molecular weight excluding hydrogens is 1340 g/mol. The summed E-state index contributed by atoms with van der Waals surface area (Å²) in [5.74, 6) is 0.229. The Balaban J connectivity index is 0.956. The monoisotopic (exact) mass is 1420 g/mol. The van der Waals surface area contributed by atoms with E-state index in [2.05, 4.69) is 204 Å². The third kappa shape index (κ3) is 14.3. The first-order chi connectivity index (χ1) is 51.8. The fourth-order valence-electron chi connectivity index (χ4n) is 15.8. The van der Waals surface area contributed by atoms with Gasteiger partial charge in [-0.05, 0) is 239 Å². The SMILES string of the molecule is Cc1cc(C)c(-c2c3nc(c(-c4c(C)cc(C)cc4C)c4ccc([nH]4)c(-c4c(NC(=O)c5ccc(CN(Cc6cn(-c7cc(C)ccc7O)cn6)Cc6nccn6C)nc5)cc(C(C)(C)C)cc4NC(=O)c4cccc(Cn5ccnc5)c4)c4nc(c(-c5c(C)cc(C)cc5C)c5ccc2[nH]5)C=C4)C=C3)c(C)c1. The summed E-state index contributed by atoms with van der Waals surface area (Å²) in [4.78, 5) is 71.9. The number of aromatic amines is 2. The van der Waals surface area contributed by atoms with Crippen LogP contribution in [0.15, 0.2) is 177 Å². The minimum atomic E-state index is -0.515. The Bertz CT molecular complexity index is 5880. The molecule has 2 amide bonds. The van der Waals surface area contributed by atoms with E-state index in [4.69, 9.17) is 19.9 Å². The second-order valence-corrected chi connectivity index (χ2v) is 30.3. The van der Waals surface area contributed by atoms with Crippen LogP contribution >= 0.6 is 0 Å². The van der Waals surface area contributed by atoms with E-state index >= 15 is 9.59 Å². The van der Waals surface area contributed by atoms with Crippen molar-refractivity contribution in [1.29, 1.82) is 0 Å². The van der Waals surface area contributed by atoms with Crippen molar-refractivity contribution >= 4 is 69.6 Å². The molecule has 0 spiro atoms. The van der Waals surface area contributed by atoms with Crippen molar-refractivity contribution < 1.29 is 14.7 Å². The van der Waals surface area contributed by atoms with Crippen LogP contribution in [0.2, 0.25) is 0 Å². The van der Waals surface area contributed by atoms with Crippen molar-refractivity contribution in [3.05, 3.63) is 295 Å². The lowest BCUT2D eigenvalue weighted by molar-refractivity contribution is 0.101. The number of carbonyl (C=O) groups excluding carboxylic acids is 2. The zero-order valence-corrected chi connectivity index (χ0v) is 63.6. The number of rotatable bonds is 17. The Morgan fingerprint density at radius 2 is 1.00 bits per heavy atom. The number of amides is 2. The van der Waals surface area contributed by atoms with Crippen molar-refractivity contribution in [1.82, 2.24) is 58.5 Å². The highest BCUT2D eigenvalue weighted by Crippen LogP contribution is 2.47. The molecule has 0 saturated carbocycles. The summed E-state index contributed by atoms with van der Waals surface area (Å²) in [5.41, 5.74) is 29.4. The van der Waals surface area contributed by atoms with E-state index in [1.165, 1.54) is 5.56 Å². The van der Waals surface area contributed by atoms with Crippen LogP contribution in [0.4, 0.5) is 11.4 Å². The highest BCUT2D eigenvalue weighted by atomic mass is 16.3. The minimum Gasteiger partial charge on any atom is -0.506 e. The van der Waals surface area contributed by atoms with Gasteiger partial charge < -0.3 is 39.4 Å². The van der Waals surface area contributed by atoms with Gasteiger partial charge in [0.05, 0.1) is 76.0 Å². The molecule has 0 aliphatic carbocycles. The number of H-pyrrole nitrogens is 2. The number of anilines is 2. The number of pyridine rings is 1. The standard InChI is InChI=1S/C91H88N14O3/c1-52-18-29-79(106)78(40-52)105-48-67(95-51-105)47-104(49-80-93-31-32-102(80)14)46-66-20-19-64(44-94-66)90(108)101-77-43-65(91(11,12)13)42-76(100-89(107)63-17-15-16-62(41-63)45-103-33-30-92-50-103)88(77)87-74-27-25-72(98-74)85(82-58(7)36-54(3)37-59(82)8)70-23-21-68(96-70)84(81-56(5)34-53(2)35-57(81)6)69-22-24-71(97-69)86(73-26-28-75(87)99-73)83-60(9)38-55(4)39-61(83)10/h15-44,48,50-51,96,99,106H,45-47,49H2,1-14H3,(H,100,107)(H,101,108). The third-order valence-electron chi connectivity index (χ3n) is 20.6. The molecule has 8 bridgehead atoms. The van der Waals surface area contributed by atoms with E-state index in [9.17, 15) is 5.11 Å². The maximum atomic E-state index is 15.7. The van der Waals surface area contributed by atoms with E-state index in [1.807, 2.05) is 101 Å². The Kier molecular flexibility index (Phi) is 18.9. The Hall–Kier alpha value is -12.6. The van der Waals surface area contributed by atoms with Gasteiger partial charge in [-0.15, -0.1) is 0 Å². The first-order valence-corrected chi connectivity index (χ1v) is 36.6. The number of aromatic hydroxyl groups is 1. The molecule has 2 aliphatic heterocycles. The molecular formula is C91H88N14O3. The summed E-state index contributed by atoms with van der Waals surface area (Å²) in [6, 6.07) is 42.8. The molecule has 540 valence electrons. The molecule has 0 radical (unpaired) electrons. The second-order valence-electron chi connectivity index (χ2n) is 30.3. The van der Waals surface area contributed by atoms with Crippen LogP contribution in [0.1, 0.15) is 148 Å². The number of nitrogens with zero attached hydrogens (tertiary/aromatic N) is 10. The topological polar surface area (TPSA) is 205 Å². The normalized spacial score (nSPS) is 12.1. The Morgan fingerprint density at radius 1 is 0.491 bits per heavy atom. The smallest absolute Gasteiger partial charge is 0.257 e. The summed E-state index contributed by atoms with van der Waals surface area (Å²) in [6.07, 6.45) is 22.8. The van der Waals surface area contributed by atoms with Gasteiger partial charge in [0, 0.05) is 119 Å². The van der Waals surface area contributed by atoms with Gasteiger partial charge in [-0.1, -0.05) is 92.1 Å². The number of aryl methyl sites for hydroxylation is 11. The fraction of sp³-hybridized carbons (Fsp3) is 0.209. The first kappa shape index (κ1) is 71.0. The van der Waals surface area contributed by atoms with Crippen molar-refractivity contribution in [3.8, 4) is 55.9 Å². The lowest BCUT2D eigenvalue weighted by atomic mass is 9.84. The molecule has 17 nitrogen and oxygen atoms in total. The van der Waals surface area contributed by atoms with Gasteiger partial charge in [-0.2, -0.15) is 0 Å². The lowest BCUT2D eigenvalue weighted by Gasteiger charge is -2.25. The molecule has 13 aromatic rings. The molecule has 7 aromatic heterocycles. The molecule has 0 fully saturated rings.